The summed E-state index contributed by atoms with van der Waals surface area (Å²) in [6, 6.07) is 7.88. The van der Waals surface area contributed by atoms with E-state index in [2.05, 4.69) is 9.97 Å². The number of benzene rings is 1. The maximum atomic E-state index is 6.15. The minimum atomic E-state index is 0.524. The van der Waals surface area contributed by atoms with E-state index in [1.54, 1.807) is 0 Å². The smallest absolute Gasteiger partial charge is 0.136 e. The van der Waals surface area contributed by atoms with E-state index in [-0.39, 0.29) is 0 Å². The maximum absolute atomic E-state index is 6.15. The zero-order chi connectivity index (χ0) is 13.8. The quantitative estimate of drug-likeness (QED) is 0.790. The topological polar surface area (TPSA) is 35.0 Å². The molecule has 2 aromatic rings. The van der Waals surface area contributed by atoms with Crippen LogP contribution < -0.4 is 4.74 Å². The van der Waals surface area contributed by atoms with Gasteiger partial charge in [-0.25, -0.2) is 9.97 Å². The molecule has 0 saturated heterocycles. The van der Waals surface area contributed by atoms with Crippen LogP contribution in [-0.2, 0) is 6.42 Å². The van der Waals surface area contributed by atoms with Crippen LogP contribution in [0.2, 0.25) is 5.15 Å². The number of nitrogens with zero attached hydrogens (tertiary/aromatic N) is 2. The third-order valence-electron chi connectivity index (χ3n) is 2.89. The van der Waals surface area contributed by atoms with Crippen LogP contribution in [0.1, 0.15) is 25.2 Å². The molecular weight excluding hydrogens is 260 g/mol. The van der Waals surface area contributed by atoms with E-state index in [1.165, 1.54) is 0 Å². The molecule has 1 heterocycles. The van der Waals surface area contributed by atoms with Gasteiger partial charge in [0.2, 0.25) is 0 Å². The normalized spacial score (nSPS) is 10.5. The fourth-order valence-corrected chi connectivity index (χ4v) is 2.03. The Hall–Kier alpha value is -1.61. The average molecular weight is 277 g/mol. The van der Waals surface area contributed by atoms with Crippen LogP contribution in [0.5, 0.6) is 5.75 Å². The monoisotopic (exact) mass is 276 g/mol. The van der Waals surface area contributed by atoms with Crippen molar-refractivity contribution >= 4 is 11.6 Å². The Labute approximate surface area is 118 Å². The van der Waals surface area contributed by atoms with Crippen LogP contribution in [-0.4, -0.2) is 16.6 Å². The molecule has 0 N–H and O–H groups in total. The lowest BCUT2D eigenvalue weighted by molar-refractivity contribution is 0.340. The third kappa shape index (κ3) is 3.04. The van der Waals surface area contributed by atoms with Crippen LogP contribution in [0.15, 0.2) is 24.3 Å². The minimum Gasteiger partial charge on any atom is -0.494 e. The van der Waals surface area contributed by atoms with Crippen molar-refractivity contribution in [2.24, 2.45) is 0 Å². The first-order chi connectivity index (χ1) is 9.15. The van der Waals surface area contributed by atoms with Gasteiger partial charge < -0.3 is 4.74 Å². The largest absolute Gasteiger partial charge is 0.494 e. The van der Waals surface area contributed by atoms with Crippen molar-refractivity contribution in [3.05, 3.63) is 40.8 Å². The van der Waals surface area contributed by atoms with E-state index >= 15 is 0 Å². The van der Waals surface area contributed by atoms with Gasteiger partial charge in [0.1, 0.15) is 16.7 Å². The van der Waals surface area contributed by atoms with Crippen LogP contribution >= 0.6 is 11.6 Å². The molecular formula is C15H17ClN2O. The highest BCUT2D eigenvalue weighted by atomic mass is 35.5. The molecule has 0 radical (unpaired) electrons. The van der Waals surface area contributed by atoms with E-state index in [1.807, 2.05) is 45.0 Å². The van der Waals surface area contributed by atoms with E-state index in [0.29, 0.717) is 11.8 Å². The van der Waals surface area contributed by atoms with Crippen molar-refractivity contribution in [3.63, 3.8) is 0 Å². The molecule has 0 bridgehead atoms. The SMILES string of the molecule is CCOc1ccc(-c2nc(CC)nc(Cl)c2C)cc1. The first-order valence-corrected chi connectivity index (χ1v) is 6.79. The lowest BCUT2D eigenvalue weighted by Gasteiger charge is -2.09. The zero-order valence-corrected chi connectivity index (χ0v) is 12.2. The molecule has 0 saturated carbocycles. The second-order valence-electron chi connectivity index (χ2n) is 4.22. The number of aryl methyl sites for hydroxylation is 1. The Morgan fingerprint density at radius 1 is 1.11 bits per heavy atom. The highest BCUT2D eigenvalue weighted by molar-refractivity contribution is 6.30. The molecule has 0 atom stereocenters. The Kier molecular flexibility index (Phi) is 4.38. The lowest BCUT2D eigenvalue weighted by Crippen LogP contribution is -1.99. The molecule has 0 aliphatic rings. The summed E-state index contributed by atoms with van der Waals surface area (Å²) >= 11 is 6.15. The van der Waals surface area contributed by atoms with Crippen molar-refractivity contribution in [1.29, 1.82) is 0 Å². The van der Waals surface area contributed by atoms with Gasteiger partial charge in [-0.05, 0) is 38.1 Å². The van der Waals surface area contributed by atoms with Crippen LogP contribution in [0, 0.1) is 6.92 Å². The maximum Gasteiger partial charge on any atom is 0.136 e. The summed E-state index contributed by atoms with van der Waals surface area (Å²) in [5.41, 5.74) is 2.82. The number of aromatic nitrogens is 2. The summed E-state index contributed by atoms with van der Waals surface area (Å²) < 4.78 is 5.44. The van der Waals surface area contributed by atoms with E-state index in [0.717, 1.165) is 34.8 Å². The fraction of sp³-hybridized carbons (Fsp3) is 0.333. The second kappa shape index (κ2) is 6.02. The van der Waals surface area contributed by atoms with Gasteiger partial charge in [0.15, 0.2) is 0 Å². The first kappa shape index (κ1) is 13.8. The number of ether oxygens (including phenoxy) is 1. The molecule has 1 aromatic heterocycles. The highest BCUT2D eigenvalue weighted by Gasteiger charge is 2.10. The molecule has 1 aromatic carbocycles. The van der Waals surface area contributed by atoms with Gasteiger partial charge in [-0.1, -0.05) is 18.5 Å². The summed E-state index contributed by atoms with van der Waals surface area (Å²) in [6.07, 6.45) is 0.768. The molecule has 4 heteroatoms. The van der Waals surface area contributed by atoms with E-state index < -0.39 is 0 Å². The average Bonchev–Trinajstić information content (AvgIpc) is 2.43. The standard InChI is InChI=1S/C15H17ClN2O/c1-4-13-17-14(10(3)15(16)18-13)11-6-8-12(9-7-11)19-5-2/h6-9H,4-5H2,1-3H3. The van der Waals surface area contributed by atoms with Gasteiger partial charge >= 0.3 is 0 Å². The molecule has 100 valence electrons. The second-order valence-corrected chi connectivity index (χ2v) is 4.57. The number of halogens is 1. The molecule has 19 heavy (non-hydrogen) atoms. The Morgan fingerprint density at radius 3 is 2.37 bits per heavy atom. The van der Waals surface area contributed by atoms with Crippen LogP contribution in [0.25, 0.3) is 11.3 Å². The van der Waals surface area contributed by atoms with Crippen molar-refractivity contribution in [2.45, 2.75) is 27.2 Å². The van der Waals surface area contributed by atoms with Crippen molar-refractivity contribution in [3.8, 4) is 17.0 Å². The number of hydrogen-bond acceptors (Lipinski definition) is 3. The van der Waals surface area contributed by atoms with Crippen LogP contribution in [0.3, 0.4) is 0 Å². The summed E-state index contributed by atoms with van der Waals surface area (Å²) in [7, 11) is 0. The van der Waals surface area contributed by atoms with Crippen LogP contribution in [0.4, 0.5) is 0 Å². The Morgan fingerprint density at radius 2 is 1.79 bits per heavy atom. The number of rotatable bonds is 4. The van der Waals surface area contributed by atoms with Gasteiger partial charge in [0, 0.05) is 17.5 Å². The molecule has 0 amide bonds. The van der Waals surface area contributed by atoms with E-state index in [4.69, 9.17) is 16.3 Å². The predicted octanol–water partition coefficient (Wildman–Crippen LogP) is 4.07. The predicted molar refractivity (Wildman–Crippen MR) is 77.8 cm³/mol. The van der Waals surface area contributed by atoms with E-state index in [9.17, 15) is 0 Å². The summed E-state index contributed by atoms with van der Waals surface area (Å²) in [5.74, 6) is 1.62. The molecule has 0 fully saturated rings. The summed E-state index contributed by atoms with van der Waals surface area (Å²) in [6.45, 7) is 6.59. The van der Waals surface area contributed by atoms with Gasteiger partial charge in [-0.2, -0.15) is 0 Å². The molecule has 2 rings (SSSR count). The zero-order valence-electron chi connectivity index (χ0n) is 11.4. The molecule has 0 aliphatic carbocycles. The van der Waals surface area contributed by atoms with Gasteiger partial charge in [0.25, 0.3) is 0 Å². The van der Waals surface area contributed by atoms with Crippen molar-refractivity contribution in [1.82, 2.24) is 9.97 Å². The Balaban J connectivity index is 2.43. The first-order valence-electron chi connectivity index (χ1n) is 6.42. The molecule has 0 spiro atoms. The molecule has 3 nitrogen and oxygen atoms in total. The van der Waals surface area contributed by atoms with Crippen molar-refractivity contribution in [2.75, 3.05) is 6.61 Å². The fourth-order valence-electron chi connectivity index (χ4n) is 1.85. The molecule has 0 aliphatic heterocycles. The lowest BCUT2D eigenvalue weighted by atomic mass is 10.1. The highest BCUT2D eigenvalue weighted by Crippen LogP contribution is 2.27. The van der Waals surface area contributed by atoms with Gasteiger partial charge in [0.05, 0.1) is 12.3 Å². The van der Waals surface area contributed by atoms with Gasteiger partial charge in [-0.3, -0.25) is 0 Å². The summed E-state index contributed by atoms with van der Waals surface area (Å²) in [5, 5.41) is 0.524. The minimum absolute atomic E-state index is 0.524. The molecule has 0 unspecified atom stereocenters. The third-order valence-corrected chi connectivity index (χ3v) is 3.26. The van der Waals surface area contributed by atoms with Gasteiger partial charge in [-0.15, -0.1) is 0 Å². The Bertz CT molecular complexity index is 567. The number of hydrogen-bond donors (Lipinski definition) is 0. The van der Waals surface area contributed by atoms with Crippen molar-refractivity contribution < 1.29 is 4.74 Å². The summed E-state index contributed by atoms with van der Waals surface area (Å²) in [4.78, 5) is 8.82.